The van der Waals surface area contributed by atoms with E-state index in [-0.39, 0.29) is 0 Å². The molecule has 1 nitrogen and oxygen atoms in total. The van der Waals surface area contributed by atoms with Gasteiger partial charge in [-0.25, -0.2) is 0 Å². The van der Waals surface area contributed by atoms with Gasteiger partial charge in [-0.3, -0.25) is 0 Å². The van der Waals surface area contributed by atoms with Crippen LogP contribution < -0.4 is 4.90 Å². The van der Waals surface area contributed by atoms with Crippen LogP contribution in [0.3, 0.4) is 0 Å². The normalized spacial score (nSPS) is 11.8. The Morgan fingerprint density at radius 2 is 0.885 bits per heavy atom. The minimum absolute atomic E-state index is 1.13. The zero-order valence-electron chi connectivity index (χ0n) is 27.9. The van der Waals surface area contributed by atoms with E-state index >= 15 is 0 Å². The zero-order valence-corrected chi connectivity index (χ0v) is 30.4. The fraction of sp³-hybridized carbons (Fsp3) is 0. The van der Waals surface area contributed by atoms with E-state index in [4.69, 9.17) is 0 Å². The van der Waals surface area contributed by atoms with E-state index < -0.39 is 0 Å². The van der Waals surface area contributed by atoms with Crippen LogP contribution in [0.2, 0.25) is 0 Å². The summed E-state index contributed by atoms with van der Waals surface area (Å²) in [5.41, 5.74) is 8.45. The minimum Gasteiger partial charge on any atom is -0.309 e. The summed E-state index contributed by atoms with van der Waals surface area (Å²) in [6, 6.07) is 64.8. The molecule has 0 aliphatic heterocycles. The van der Waals surface area contributed by atoms with Crippen LogP contribution in [-0.4, -0.2) is 0 Å². The Kier molecular flexibility index (Phi) is 6.84. The van der Waals surface area contributed by atoms with Crippen molar-refractivity contribution in [2.24, 2.45) is 0 Å². The van der Waals surface area contributed by atoms with Crippen LogP contribution in [0.1, 0.15) is 0 Å². The molecule has 0 aliphatic rings. The lowest BCUT2D eigenvalue weighted by Crippen LogP contribution is -2.10. The van der Waals surface area contributed by atoms with Crippen LogP contribution in [0, 0.1) is 0 Å². The maximum atomic E-state index is 2.45. The van der Waals surface area contributed by atoms with Gasteiger partial charge in [0.25, 0.3) is 0 Å². The largest absolute Gasteiger partial charge is 0.309 e. The van der Waals surface area contributed by atoms with E-state index in [1.54, 1.807) is 0 Å². The number of benzene rings is 8. The maximum Gasteiger partial charge on any atom is 0.0640 e. The highest BCUT2D eigenvalue weighted by Crippen LogP contribution is 2.47. The first kappa shape index (κ1) is 29.9. The molecule has 0 bridgehead atoms. The smallest absolute Gasteiger partial charge is 0.0640 e. The molecule has 11 aromatic rings. The Morgan fingerprint density at radius 3 is 1.65 bits per heavy atom. The van der Waals surface area contributed by atoms with Gasteiger partial charge in [0.2, 0.25) is 0 Å². The van der Waals surface area contributed by atoms with Gasteiger partial charge >= 0.3 is 0 Å². The third-order valence-electron chi connectivity index (χ3n) is 10.3. The number of nitrogens with zero attached hydrogens (tertiary/aromatic N) is 1. The van der Waals surface area contributed by atoms with E-state index in [2.05, 4.69) is 181 Å². The predicted molar refractivity (Wildman–Crippen MR) is 231 cm³/mol. The van der Waals surface area contributed by atoms with Crippen molar-refractivity contribution in [3.05, 3.63) is 176 Å². The molecule has 0 spiro atoms. The molecule has 3 heterocycles. The van der Waals surface area contributed by atoms with Crippen LogP contribution in [0.15, 0.2) is 176 Å². The van der Waals surface area contributed by atoms with Crippen LogP contribution in [0.4, 0.5) is 17.1 Å². The molecule has 0 aliphatic carbocycles. The fourth-order valence-corrected chi connectivity index (χ4v) is 11.5. The lowest BCUT2D eigenvalue weighted by atomic mass is 9.99. The van der Waals surface area contributed by atoms with Crippen molar-refractivity contribution in [3.8, 4) is 22.3 Å². The van der Waals surface area contributed by atoms with Gasteiger partial charge in [-0.15, -0.1) is 34.0 Å². The van der Waals surface area contributed by atoms with Crippen LogP contribution in [0.5, 0.6) is 0 Å². The van der Waals surface area contributed by atoms with Gasteiger partial charge in [0, 0.05) is 67.2 Å². The molecule has 0 saturated heterocycles. The van der Waals surface area contributed by atoms with E-state index in [0.717, 1.165) is 11.4 Å². The van der Waals surface area contributed by atoms with Gasteiger partial charge in [-0.2, -0.15) is 0 Å². The Labute approximate surface area is 312 Å². The number of fused-ring (bicyclic) bond motifs is 9. The molecular weight excluding hydrogens is 687 g/mol. The highest BCUT2D eigenvalue weighted by molar-refractivity contribution is 7.27. The van der Waals surface area contributed by atoms with E-state index in [1.165, 1.54) is 88.5 Å². The highest BCUT2D eigenvalue weighted by atomic mass is 32.1. The summed E-state index contributed by atoms with van der Waals surface area (Å²) in [6.45, 7) is 0. The molecule has 8 aromatic carbocycles. The number of hydrogen-bond donors (Lipinski definition) is 0. The van der Waals surface area contributed by atoms with Crippen LogP contribution in [0.25, 0.3) is 82.8 Å². The first-order chi connectivity index (χ1) is 25.8. The molecule has 4 heteroatoms. The Bertz CT molecular complexity index is 3140. The van der Waals surface area contributed by atoms with Crippen molar-refractivity contribution >= 4 is 112 Å². The Morgan fingerprint density at radius 1 is 0.327 bits per heavy atom. The summed E-state index contributed by atoms with van der Waals surface area (Å²) < 4.78 is 7.91. The minimum atomic E-state index is 1.13. The zero-order chi connectivity index (χ0) is 34.2. The van der Waals surface area contributed by atoms with Crippen molar-refractivity contribution in [2.75, 3.05) is 4.90 Å². The van der Waals surface area contributed by atoms with Crippen molar-refractivity contribution < 1.29 is 0 Å². The lowest BCUT2D eigenvalue weighted by Gasteiger charge is -2.27. The summed E-state index contributed by atoms with van der Waals surface area (Å²) >= 11 is 5.63. The van der Waals surface area contributed by atoms with Crippen molar-refractivity contribution in [1.82, 2.24) is 0 Å². The highest BCUT2D eigenvalue weighted by Gasteiger charge is 2.20. The van der Waals surface area contributed by atoms with Gasteiger partial charge in [0.05, 0.1) is 10.4 Å². The second-order valence-corrected chi connectivity index (χ2v) is 16.4. The summed E-state index contributed by atoms with van der Waals surface area (Å²) in [6.07, 6.45) is 0. The number of thiophene rings is 3. The van der Waals surface area contributed by atoms with Gasteiger partial charge in [0.15, 0.2) is 0 Å². The SMILES string of the molecule is c1cc(-c2cccc3c2sc2ccccc23)cc(N(c2ccc(-c3cccc4sc5ccccc5c34)cc2)c2cccc3c2sc2ccccc23)c1. The van der Waals surface area contributed by atoms with Crippen molar-refractivity contribution in [2.45, 2.75) is 0 Å². The quantitative estimate of drug-likeness (QED) is 0.171. The summed E-state index contributed by atoms with van der Waals surface area (Å²) in [5.74, 6) is 0. The molecule has 11 rings (SSSR count). The molecule has 0 amide bonds. The standard InChI is InChI=1S/C48H29NS3/c1-4-21-42-36(13-1)38-18-8-17-35(47(38)51-42)31-11-7-12-33(29-31)49(41-20-9-19-39-37-14-2-5-22-43(37)52-48(39)41)32-27-25-30(26-28-32)34-16-10-24-45-46(34)40-15-3-6-23-44(40)50-45/h1-29H. The number of anilines is 3. The molecule has 0 atom stereocenters. The van der Waals surface area contributed by atoms with E-state index in [0.29, 0.717) is 0 Å². The molecule has 0 unspecified atom stereocenters. The number of rotatable bonds is 5. The molecular formula is C48H29NS3. The fourth-order valence-electron chi connectivity index (χ4n) is 7.93. The number of hydrogen-bond acceptors (Lipinski definition) is 4. The van der Waals surface area contributed by atoms with Crippen LogP contribution in [-0.2, 0) is 0 Å². The molecule has 0 radical (unpaired) electrons. The molecule has 52 heavy (non-hydrogen) atoms. The lowest BCUT2D eigenvalue weighted by molar-refractivity contribution is 1.30. The van der Waals surface area contributed by atoms with E-state index in [1.807, 2.05) is 34.0 Å². The van der Waals surface area contributed by atoms with Gasteiger partial charge in [-0.05, 0) is 76.9 Å². The molecule has 0 fully saturated rings. The molecule has 0 N–H and O–H groups in total. The maximum absolute atomic E-state index is 2.45. The summed E-state index contributed by atoms with van der Waals surface area (Å²) in [7, 11) is 0. The first-order valence-electron chi connectivity index (χ1n) is 17.5. The molecule has 244 valence electrons. The average molecular weight is 716 g/mol. The Balaban J connectivity index is 1.10. The monoisotopic (exact) mass is 715 g/mol. The predicted octanol–water partition coefficient (Wildman–Crippen LogP) is 15.6. The molecule has 3 aromatic heterocycles. The third kappa shape index (κ3) is 4.65. The second kappa shape index (κ2) is 11.9. The van der Waals surface area contributed by atoms with Gasteiger partial charge < -0.3 is 4.90 Å². The molecule has 0 saturated carbocycles. The summed E-state index contributed by atoms with van der Waals surface area (Å²) in [4.78, 5) is 2.45. The third-order valence-corrected chi connectivity index (χ3v) is 13.8. The average Bonchev–Trinajstić information content (AvgIpc) is 3.90. The van der Waals surface area contributed by atoms with Gasteiger partial charge in [-0.1, -0.05) is 121 Å². The van der Waals surface area contributed by atoms with Crippen molar-refractivity contribution in [3.63, 3.8) is 0 Å². The van der Waals surface area contributed by atoms with Crippen LogP contribution >= 0.6 is 34.0 Å². The van der Waals surface area contributed by atoms with Gasteiger partial charge in [0.1, 0.15) is 0 Å². The first-order valence-corrected chi connectivity index (χ1v) is 20.0. The van der Waals surface area contributed by atoms with E-state index in [9.17, 15) is 0 Å². The van der Waals surface area contributed by atoms with Crippen molar-refractivity contribution in [1.29, 1.82) is 0 Å². The second-order valence-electron chi connectivity index (χ2n) is 13.2. The Hall–Kier alpha value is -5.78. The topological polar surface area (TPSA) is 3.24 Å². The summed E-state index contributed by atoms with van der Waals surface area (Å²) in [5, 5.41) is 7.91.